The predicted octanol–water partition coefficient (Wildman–Crippen LogP) is 2.01. The third-order valence-electron chi connectivity index (χ3n) is 2.15. The van der Waals surface area contributed by atoms with E-state index in [4.69, 9.17) is 4.74 Å². The molecule has 0 aliphatic heterocycles. The molecule has 1 unspecified atom stereocenters. The second-order valence-corrected chi connectivity index (χ2v) is 3.93. The van der Waals surface area contributed by atoms with Crippen LogP contribution in [0, 0.1) is 0 Å². The lowest BCUT2D eigenvalue weighted by atomic mass is 10.3. The summed E-state index contributed by atoms with van der Waals surface area (Å²) in [6.07, 6.45) is 1.91. The summed E-state index contributed by atoms with van der Waals surface area (Å²) in [6, 6.07) is 0.487. The van der Waals surface area contributed by atoms with Gasteiger partial charge < -0.3 is 15.0 Å². The van der Waals surface area contributed by atoms with Gasteiger partial charge in [-0.1, -0.05) is 13.8 Å². The number of aromatic nitrogens is 2. The second-order valence-electron chi connectivity index (χ2n) is 3.93. The molecule has 0 fully saturated rings. The maximum absolute atomic E-state index is 5.45. The normalized spacial score (nSPS) is 13.4. The average Bonchev–Trinajstić information content (AvgIpc) is 2.63. The van der Waals surface area contributed by atoms with E-state index in [1.54, 1.807) is 0 Å². The Balaban J connectivity index is 2.48. The largest absolute Gasteiger partial charge is 0.371 e. The molecule has 0 aliphatic rings. The lowest BCUT2D eigenvalue weighted by Crippen LogP contribution is -2.22. The van der Waals surface area contributed by atoms with Crippen LogP contribution in [0.3, 0.4) is 0 Å². The molecule has 4 nitrogen and oxygen atoms in total. The standard InChI is InChI=1S/C11H21N3O/c1-5-15-9(4)11-13-7-10(14-11)6-12-8(2)3/h7-9,12H,5-6H2,1-4H3,(H,13,14). The van der Waals surface area contributed by atoms with Crippen molar-refractivity contribution < 1.29 is 4.74 Å². The first-order chi connectivity index (χ1) is 7.13. The average molecular weight is 211 g/mol. The fraction of sp³-hybridized carbons (Fsp3) is 0.727. The Morgan fingerprint density at radius 2 is 2.20 bits per heavy atom. The van der Waals surface area contributed by atoms with Gasteiger partial charge in [0, 0.05) is 31.1 Å². The third kappa shape index (κ3) is 4.01. The molecule has 0 aliphatic carbocycles. The van der Waals surface area contributed by atoms with Crippen molar-refractivity contribution in [1.29, 1.82) is 0 Å². The summed E-state index contributed by atoms with van der Waals surface area (Å²) in [5.41, 5.74) is 1.10. The van der Waals surface area contributed by atoms with Gasteiger partial charge in [-0.05, 0) is 13.8 Å². The van der Waals surface area contributed by atoms with Crippen LogP contribution in [0.15, 0.2) is 6.20 Å². The molecule has 0 aromatic carbocycles. The highest BCUT2D eigenvalue weighted by Gasteiger charge is 2.08. The Bertz CT molecular complexity index is 283. The summed E-state index contributed by atoms with van der Waals surface area (Å²) in [4.78, 5) is 7.55. The van der Waals surface area contributed by atoms with Gasteiger partial charge in [0.15, 0.2) is 0 Å². The summed E-state index contributed by atoms with van der Waals surface area (Å²) in [5, 5.41) is 3.33. The zero-order valence-corrected chi connectivity index (χ0v) is 10.0. The van der Waals surface area contributed by atoms with E-state index in [1.165, 1.54) is 0 Å². The molecule has 0 amide bonds. The smallest absolute Gasteiger partial charge is 0.135 e. The highest BCUT2D eigenvalue weighted by atomic mass is 16.5. The van der Waals surface area contributed by atoms with Crippen molar-refractivity contribution in [2.45, 2.75) is 46.4 Å². The minimum Gasteiger partial charge on any atom is -0.371 e. The Morgan fingerprint density at radius 1 is 1.47 bits per heavy atom. The van der Waals surface area contributed by atoms with Crippen molar-refractivity contribution in [2.75, 3.05) is 6.61 Å². The van der Waals surface area contributed by atoms with Crippen LogP contribution < -0.4 is 5.32 Å². The first-order valence-corrected chi connectivity index (χ1v) is 5.52. The quantitative estimate of drug-likeness (QED) is 0.756. The molecule has 1 heterocycles. The van der Waals surface area contributed by atoms with Crippen molar-refractivity contribution in [3.8, 4) is 0 Å². The predicted molar refractivity (Wildman–Crippen MR) is 60.6 cm³/mol. The molecule has 0 spiro atoms. The van der Waals surface area contributed by atoms with Gasteiger partial charge in [0.2, 0.25) is 0 Å². The van der Waals surface area contributed by atoms with Crippen molar-refractivity contribution in [2.24, 2.45) is 0 Å². The molecule has 15 heavy (non-hydrogen) atoms. The summed E-state index contributed by atoms with van der Waals surface area (Å²) in [6.45, 7) is 9.77. The van der Waals surface area contributed by atoms with E-state index < -0.39 is 0 Å². The molecular weight excluding hydrogens is 190 g/mol. The van der Waals surface area contributed by atoms with Gasteiger partial charge in [-0.2, -0.15) is 0 Å². The number of hydrogen-bond acceptors (Lipinski definition) is 3. The number of imidazole rings is 1. The van der Waals surface area contributed by atoms with E-state index in [0.717, 1.165) is 18.1 Å². The van der Waals surface area contributed by atoms with Gasteiger partial charge in [-0.15, -0.1) is 0 Å². The van der Waals surface area contributed by atoms with E-state index in [-0.39, 0.29) is 6.10 Å². The van der Waals surface area contributed by atoms with Gasteiger partial charge in [0.25, 0.3) is 0 Å². The van der Waals surface area contributed by atoms with Crippen LogP contribution in [0.25, 0.3) is 0 Å². The van der Waals surface area contributed by atoms with Gasteiger partial charge in [0.05, 0.1) is 0 Å². The zero-order chi connectivity index (χ0) is 11.3. The Hall–Kier alpha value is -0.870. The molecule has 0 bridgehead atoms. The summed E-state index contributed by atoms with van der Waals surface area (Å²) in [7, 11) is 0. The minimum absolute atomic E-state index is 0.0443. The highest BCUT2D eigenvalue weighted by Crippen LogP contribution is 2.12. The SMILES string of the molecule is CCOC(C)c1ncc(CNC(C)C)[nH]1. The molecule has 1 atom stereocenters. The van der Waals surface area contributed by atoms with E-state index in [1.807, 2.05) is 20.0 Å². The van der Waals surface area contributed by atoms with E-state index in [0.29, 0.717) is 12.6 Å². The fourth-order valence-corrected chi connectivity index (χ4v) is 1.32. The van der Waals surface area contributed by atoms with Crippen LogP contribution in [0.5, 0.6) is 0 Å². The molecule has 1 aromatic heterocycles. The topological polar surface area (TPSA) is 49.9 Å². The Labute approximate surface area is 91.4 Å². The first-order valence-electron chi connectivity index (χ1n) is 5.52. The Kier molecular flexibility index (Phi) is 4.78. The van der Waals surface area contributed by atoms with Gasteiger partial charge in [-0.3, -0.25) is 0 Å². The Morgan fingerprint density at radius 3 is 2.80 bits per heavy atom. The molecule has 86 valence electrons. The number of ether oxygens (including phenoxy) is 1. The fourth-order valence-electron chi connectivity index (χ4n) is 1.32. The molecule has 4 heteroatoms. The monoisotopic (exact) mass is 211 g/mol. The van der Waals surface area contributed by atoms with Gasteiger partial charge in [0.1, 0.15) is 11.9 Å². The van der Waals surface area contributed by atoms with Crippen LogP contribution in [-0.4, -0.2) is 22.6 Å². The van der Waals surface area contributed by atoms with E-state index in [2.05, 4.69) is 29.1 Å². The van der Waals surface area contributed by atoms with Gasteiger partial charge >= 0.3 is 0 Å². The van der Waals surface area contributed by atoms with Crippen molar-refractivity contribution in [3.63, 3.8) is 0 Å². The lowest BCUT2D eigenvalue weighted by molar-refractivity contribution is 0.0706. The molecule has 0 saturated heterocycles. The van der Waals surface area contributed by atoms with Crippen LogP contribution in [0.2, 0.25) is 0 Å². The minimum atomic E-state index is 0.0443. The molecule has 0 saturated carbocycles. The van der Waals surface area contributed by atoms with Crippen LogP contribution in [-0.2, 0) is 11.3 Å². The molecule has 1 rings (SSSR count). The van der Waals surface area contributed by atoms with Crippen LogP contribution >= 0.6 is 0 Å². The summed E-state index contributed by atoms with van der Waals surface area (Å²) in [5.74, 6) is 0.900. The number of hydrogen-bond donors (Lipinski definition) is 2. The zero-order valence-electron chi connectivity index (χ0n) is 10.0. The van der Waals surface area contributed by atoms with Crippen molar-refractivity contribution in [3.05, 3.63) is 17.7 Å². The second kappa shape index (κ2) is 5.88. The van der Waals surface area contributed by atoms with Crippen LogP contribution in [0.4, 0.5) is 0 Å². The van der Waals surface area contributed by atoms with Gasteiger partial charge in [-0.25, -0.2) is 4.98 Å². The summed E-state index contributed by atoms with van der Waals surface area (Å²) < 4.78 is 5.45. The van der Waals surface area contributed by atoms with Crippen LogP contribution in [0.1, 0.15) is 45.3 Å². The lowest BCUT2D eigenvalue weighted by Gasteiger charge is -2.08. The molecule has 2 N–H and O–H groups in total. The number of nitrogens with one attached hydrogen (secondary N) is 2. The molecule has 0 radical (unpaired) electrons. The van der Waals surface area contributed by atoms with E-state index in [9.17, 15) is 0 Å². The number of H-pyrrole nitrogens is 1. The highest BCUT2D eigenvalue weighted by molar-refractivity contribution is 5.02. The number of aromatic amines is 1. The first kappa shape index (κ1) is 12.2. The third-order valence-corrected chi connectivity index (χ3v) is 2.15. The maximum Gasteiger partial charge on any atom is 0.135 e. The number of nitrogens with zero attached hydrogens (tertiary/aromatic N) is 1. The van der Waals surface area contributed by atoms with E-state index >= 15 is 0 Å². The van der Waals surface area contributed by atoms with Crippen molar-refractivity contribution >= 4 is 0 Å². The molecule has 1 aromatic rings. The number of rotatable bonds is 6. The molecular formula is C11H21N3O. The van der Waals surface area contributed by atoms with Crippen molar-refractivity contribution in [1.82, 2.24) is 15.3 Å². The maximum atomic E-state index is 5.45. The summed E-state index contributed by atoms with van der Waals surface area (Å²) >= 11 is 0.